The second-order valence-corrected chi connectivity index (χ2v) is 2.50. The molecule has 0 aliphatic carbocycles. The number of hydrogen-bond acceptors (Lipinski definition) is 4. The largest absolute Gasteiger partial charge is 0.151 e. The lowest BCUT2D eigenvalue weighted by Crippen LogP contribution is -2.14. The molecule has 0 heterocycles. The van der Waals surface area contributed by atoms with Crippen LogP contribution in [0.4, 0.5) is 0 Å². The maximum absolute atomic E-state index is 10.3. The maximum atomic E-state index is 10.3. The van der Waals surface area contributed by atoms with Gasteiger partial charge in [0.2, 0.25) is 0 Å². The van der Waals surface area contributed by atoms with Gasteiger partial charge in [-0.3, -0.25) is 0 Å². The van der Waals surface area contributed by atoms with Gasteiger partial charge in [0.05, 0.1) is 6.54 Å². The fourth-order valence-corrected chi connectivity index (χ4v) is 0.903. The smallest absolute Gasteiger partial charge is 0.107 e. The normalized spacial score (nSPS) is 13.8. The van der Waals surface area contributed by atoms with Crippen molar-refractivity contribution in [3.8, 4) is 11.8 Å². The van der Waals surface area contributed by atoms with Gasteiger partial charge in [-0.05, 0) is 20.3 Å². The molecule has 66 valence electrons. The minimum absolute atomic E-state index is 0.0887. The van der Waals surface area contributed by atoms with Gasteiger partial charge in [0.25, 0.3) is 0 Å². The zero-order valence-corrected chi connectivity index (χ0v) is 7.28. The first-order valence-electron chi connectivity index (χ1n) is 3.80. The predicted octanol–water partition coefficient (Wildman–Crippen LogP) is 1.94. The Morgan fingerprint density at radius 1 is 1.42 bits per heavy atom. The third-order valence-electron chi connectivity index (χ3n) is 1.60. The van der Waals surface area contributed by atoms with Gasteiger partial charge < -0.3 is 0 Å². The Labute approximate surface area is 71.7 Å². The summed E-state index contributed by atoms with van der Waals surface area (Å²) in [7, 11) is 0. The van der Waals surface area contributed by atoms with E-state index in [1.54, 1.807) is 6.92 Å². The van der Waals surface area contributed by atoms with Crippen LogP contribution in [0, 0.1) is 27.6 Å². The molecule has 2 atom stereocenters. The van der Waals surface area contributed by atoms with Gasteiger partial charge in [0, 0.05) is 5.92 Å². The molecule has 0 saturated carbocycles. The van der Waals surface area contributed by atoms with E-state index in [0.717, 1.165) is 0 Å². The predicted molar refractivity (Wildman–Crippen MR) is 47.5 cm³/mol. The highest BCUT2D eigenvalue weighted by atomic mass is 16.3. The summed E-state index contributed by atoms with van der Waals surface area (Å²) < 4.78 is 0. The molecular formula is C8H12N2O2. The van der Waals surface area contributed by atoms with E-state index in [2.05, 4.69) is 22.2 Å². The molecule has 0 aromatic rings. The van der Waals surface area contributed by atoms with Crippen LogP contribution in [0.1, 0.15) is 20.3 Å². The highest BCUT2D eigenvalue weighted by molar-refractivity contribution is 5.03. The summed E-state index contributed by atoms with van der Waals surface area (Å²) in [5.74, 6) is 5.43. The van der Waals surface area contributed by atoms with Gasteiger partial charge in [-0.15, -0.1) is 5.92 Å². The Hall–Kier alpha value is -1.24. The summed E-state index contributed by atoms with van der Waals surface area (Å²) in [6.45, 7) is 3.65. The lowest BCUT2D eigenvalue weighted by molar-refractivity contribution is 0.521. The Bertz CT molecular complexity index is 205. The number of nitroso groups, excluding NO2 is 2. The van der Waals surface area contributed by atoms with Gasteiger partial charge in [-0.2, -0.15) is 9.81 Å². The summed E-state index contributed by atoms with van der Waals surface area (Å²) in [5.41, 5.74) is 0. The van der Waals surface area contributed by atoms with Gasteiger partial charge in [-0.25, -0.2) is 0 Å². The van der Waals surface area contributed by atoms with E-state index in [4.69, 9.17) is 0 Å². The first-order valence-corrected chi connectivity index (χ1v) is 3.80. The molecule has 4 nitrogen and oxygen atoms in total. The van der Waals surface area contributed by atoms with E-state index < -0.39 is 6.04 Å². The lowest BCUT2D eigenvalue weighted by Gasteiger charge is -2.08. The van der Waals surface area contributed by atoms with Crippen LogP contribution in [0.5, 0.6) is 0 Å². The van der Waals surface area contributed by atoms with E-state index in [1.807, 2.05) is 6.92 Å². The Kier molecular flexibility index (Phi) is 5.80. The second-order valence-electron chi connectivity index (χ2n) is 2.50. The lowest BCUT2D eigenvalue weighted by atomic mass is 10.0. The van der Waals surface area contributed by atoms with Crippen molar-refractivity contribution in [2.24, 2.45) is 16.3 Å². The zero-order chi connectivity index (χ0) is 9.40. The molecule has 4 heteroatoms. The van der Waals surface area contributed by atoms with Crippen molar-refractivity contribution in [1.29, 1.82) is 0 Å². The quantitative estimate of drug-likeness (QED) is 0.465. The van der Waals surface area contributed by atoms with Crippen molar-refractivity contribution >= 4 is 0 Å². The molecule has 0 spiro atoms. The van der Waals surface area contributed by atoms with Crippen LogP contribution in [-0.4, -0.2) is 12.6 Å². The first-order chi connectivity index (χ1) is 5.76. The molecular weight excluding hydrogens is 156 g/mol. The van der Waals surface area contributed by atoms with Crippen LogP contribution in [0.25, 0.3) is 0 Å². The second kappa shape index (κ2) is 6.47. The van der Waals surface area contributed by atoms with Crippen LogP contribution in [0.15, 0.2) is 10.4 Å². The summed E-state index contributed by atoms with van der Waals surface area (Å²) >= 11 is 0. The van der Waals surface area contributed by atoms with Crippen molar-refractivity contribution in [1.82, 2.24) is 0 Å². The van der Waals surface area contributed by atoms with E-state index in [0.29, 0.717) is 6.42 Å². The maximum Gasteiger partial charge on any atom is 0.107 e. The van der Waals surface area contributed by atoms with Crippen molar-refractivity contribution in [2.75, 3.05) is 6.54 Å². The average Bonchev–Trinajstić information content (AvgIpc) is 2.06. The molecule has 0 N–H and O–H groups in total. The highest BCUT2D eigenvalue weighted by Crippen LogP contribution is 2.10. The molecule has 0 fully saturated rings. The van der Waals surface area contributed by atoms with Gasteiger partial charge >= 0.3 is 0 Å². The van der Waals surface area contributed by atoms with Crippen LogP contribution in [0.3, 0.4) is 0 Å². The fourth-order valence-electron chi connectivity index (χ4n) is 0.903. The molecule has 0 radical (unpaired) electrons. The van der Waals surface area contributed by atoms with Gasteiger partial charge in [0.1, 0.15) is 6.04 Å². The van der Waals surface area contributed by atoms with Crippen LogP contribution in [0.2, 0.25) is 0 Å². The molecule has 0 saturated heterocycles. The summed E-state index contributed by atoms with van der Waals surface area (Å²) in [6.07, 6.45) is 0.392. The molecule has 0 rings (SSSR count). The third-order valence-corrected chi connectivity index (χ3v) is 1.60. The first kappa shape index (κ1) is 10.8. The van der Waals surface area contributed by atoms with Crippen LogP contribution < -0.4 is 0 Å². The molecule has 0 aromatic heterocycles. The monoisotopic (exact) mass is 168 g/mol. The summed E-state index contributed by atoms with van der Waals surface area (Å²) in [4.78, 5) is 20.0. The average molecular weight is 168 g/mol. The highest BCUT2D eigenvalue weighted by Gasteiger charge is 2.15. The number of nitrogens with zero attached hydrogens (tertiary/aromatic N) is 2. The number of hydrogen-bond donors (Lipinski definition) is 0. The summed E-state index contributed by atoms with van der Waals surface area (Å²) in [6, 6.07) is -0.407. The van der Waals surface area contributed by atoms with E-state index >= 15 is 0 Å². The molecule has 0 unspecified atom stereocenters. The fraction of sp³-hybridized carbons (Fsp3) is 0.750. The molecule has 0 aromatic carbocycles. The molecule has 0 bridgehead atoms. The van der Waals surface area contributed by atoms with Crippen molar-refractivity contribution < 1.29 is 0 Å². The van der Waals surface area contributed by atoms with Crippen LogP contribution >= 0.6 is 0 Å². The Morgan fingerprint density at radius 2 is 2.08 bits per heavy atom. The minimum Gasteiger partial charge on any atom is -0.151 e. The van der Waals surface area contributed by atoms with E-state index in [-0.39, 0.29) is 12.5 Å². The molecule has 0 aliphatic heterocycles. The van der Waals surface area contributed by atoms with E-state index in [1.165, 1.54) is 0 Å². The SMILES string of the molecule is CC#C[C@H](C)[C@H](CCN=O)N=O. The minimum atomic E-state index is -0.407. The van der Waals surface area contributed by atoms with Gasteiger partial charge in [-0.1, -0.05) is 16.3 Å². The van der Waals surface area contributed by atoms with Crippen molar-refractivity contribution in [3.05, 3.63) is 9.81 Å². The zero-order valence-electron chi connectivity index (χ0n) is 7.28. The molecule has 12 heavy (non-hydrogen) atoms. The van der Waals surface area contributed by atoms with E-state index in [9.17, 15) is 9.81 Å². The Morgan fingerprint density at radius 3 is 2.50 bits per heavy atom. The Balaban J connectivity index is 4.00. The van der Waals surface area contributed by atoms with Gasteiger partial charge in [0.15, 0.2) is 0 Å². The third kappa shape index (κ3) is 3.81. The molecule has 0 amide bonds. The summed E-state index contributed by atoms with van der Waals surface area (Å²) in [5, 5.41) is 5.56. The number of rotatable bonds is 5. The van der Waals surface area contributed by atoms with Crippen molar-refractivity contribution in [2.45, 2.75) is 26.3 Å². The topological polar surface area (TPSA) is 58.9 Å². The van der Waals surface area contributed by atoms with Crippen LogP contribution in [-0.2, 0) is 0 Å². The van der Waals surface area contributed by atoms with Crippen molar-refractivity contribution in [3.63, 3.8) is 0 Å². The molecule has 0 aliphatic rings. The standard InChI is InChI=1S/C8H12N2O2/c1-3-4-7(2)8(10-12)5-6-9-11/h7-8H,5-6H2,1-2H3/t7-,8-/m0/s1.